The van der Waals surface area contributed by atoms with E-state index < -0.39 is 0 Å². The van der Waals surface area contributed by atoms with E-state index in [1.54, 1.807) is 19.2 Å². The first kappa shape index (κ1) is 25.3. The number of benzene rings is 2. The van der Waals surface area contributed by atoms with Crippen LogP contribution in [0.3, 0.4) is 0 Å². The van der Waals surface area contributed by atoms with Gasteiger partial charge in [-0.2, -0.15) is 0 Å². The van der Waals surface area contributed by atoms with E-state index in [9.17, 15) is 4.79 Å². The summed E-state index contributed by atoms with van der Waals surface area (Å²) in [4.78, 5) is 17.8. The first-order valence-corrected chi connectivity index (χ1v) is 11.4. The molecule has 1 heterocycles. The minimum absolute atomic E-state index is 0.0261. The third-order valence-corrected chi connectivity index (χ3v) is 5.79. The lowest BCUT2D eigenvalue weighted by Gasteiger charge is -2.25. The van der Waals surface area contributed by atoms with E-state index in [2.05, 4.69) is 34.3 Å². The number of nitrogen functional groups attached to an aromatic ring is 1. The fraction of sp³-hybridized carbons (Fsp3) is 0.458. The molecule has 0 aliphatic carbocycles. The molecule has 180 valence electrons. The Hall–Kier alpha value is -2.36. The van der Waals surface area contributed by atoms with Crippen molar-refractivity contribution in [2.75, 3.05) is 66.1 Å². The number of nitrogens with one attached hydrogen (secondary N) is 1. The predicted octanol–water partition coefficient (Wildman–Crippen LogP) is 2.47. The molecule has 1 amide bonds. The van der Waals surface area contributed by atoms with Crippen LogP contribution in [0.25, 0.3) is 0 Å². The van der Waals surface area contributed by atoms with Crippen LogP contribution in [0.2, 0.25) is 5.02 Å². The minimum atomic E-state index is -0.260. The molecule has 0 aromatic heterocycles. The van der Waals surface area contributed by atoms with Crippen LogP contribution in [0, 0.1) is 0 Å². The van der Waals surface area contributed by atoms with Crippen molar-refractivity contribution >= 4 is 23.2 Å². The van der Waals surface area contributed by atoms with Crippen molar-refractivity contribution in [3.63, 3.8) is 0 Å². The monoisotopic (exact) mass is 476 g/mol. The van der Waals surface area contributed by atoms with Gasteiger partial charge >= 0.3 is 0 Å². The minimum Gasteiger partial charge on any atom is -0.467 e. The molecule has 1 aliphatic heterocycles. The van der Waals surface area contributed by atoms with Crippen LogP contribution in [-0.2, 0) is 16.0 Å². The van der Waals surface area contributed by atoms with Crippen molar-refractivity contribution in [3.05, 3.63) is 58.6 Å². The van der Waals surface area contributed by atoms with Gasteiger partial charge in [-0.05, 0) is 18.7 Å². The largest absolute Gasteiger partial charge is 0.467 e. The van der Waals surface area contributed by atoms with E-state index >= 15 is 0 Å². The maximum Gasteiger partial charge on any atom is 0.255 e. The molecule has 3 N–H and O–H groups in total. The van der Waals surface area contributed by atoms with E-state index in [-0.39, 0.29) is 18.7 Å². The summed E-state index contributed by atoms with van der Waals surface area (Å²) in [5.41, 5.74) is 7.85. The molecular weight excluding hydrogens is 444 g/mol. The second kappa shape index (κ2) is 12.8. The van der Waals surface area contributed by atoms with Crippen molar-refractivity contribution in [1.82, 2.24) is 15.1 Å². The van der Waals surface area contributed by atoms with E-state index in [4.69, 9.17) is 31.5 Å². The lowest BCUT2D eigenvalue weighted by atomic mass is 10.1. The fourth-order valence-corrected chi connectivity index (χ4v) is 3.92. The molecule has 2 aromatic carbocycles. The van der Waals surface area contributed by atoms with Gasteiger partial charge in [0.2, 0.25) is 0 Å². The third kappa shape index (κ3) is 7.87. The van der Waals surface area contributed by atoms with E-state index in [0.29, 0.717) is 35.2 Å². The molecule has 1 unspecified atom stereocenters. The van der Waals surface area contributed by atoms with Crippen molar-refractivity contribution in [2.24, 2.45) is 0 Å². The van der Waals surface area contributed by atoms with Crippen LogP contribution in [0.1, 0.15) is 15.9 Å². The lowest BCUT2D eigenvalue weighted by molar-refractivity contribution is -0.00874. The summed E-state index contributed by atoms with van der Waals surface area (Å²) < 4.78 is 16.0. The number of anilines is 1. The highest BCUT2D eigenvalue weighted by molar-refractivity contribution is 6.33. The number of carbonyl (C=O) groups is 1. The van der Waals surface area contributed by atoms with Gasteiger partial charge in [-0.1, -0.05) is 41.9 Å². The van der Waals surface area contributed by atoms with Gasteiger partial charge in [-0.15, -0.1) is 0 Å². The summed E-state index contributed by atoms with van der Waals surface area (Å²) in [5, 5.41) is 3.46. The molecule has 8 nitrogen and oxygen atoms in total. The number of methoxy groups -OCH3 is 1. The Morgan fingerprint density at radius 1 is 1.18 bits per heavy atom. The summed E-state index contributed by atoms with van der Waals surface area (Å²) in [7, 11) is 3.66. The van der Waals surface area contributed by atoms with Crippen molar-refractivity contribution in [1.29, 1.82) is 0 Å². The molecular formula is C24H33ClN4O4. The topological polar surface area (TPSA) is 89.3 Å². The Labute approximate surface area is 200 Å². The van der Waals surface area contributed by atoms with E-state index in [0.717, 1.165) is 32.7 Å². The molecule has 1 fully saturated rings. The van der Waals surface area contributed by atoms with Crippen molar-refractivity contribution in [3.8, 4) is 5.75 Å². The van der Waals surface area contributed by atoms with E-state index in [1.807, 2.05) is 18.2 Å². The van der Waals surface area contributed by atoms with Crippen LogP contribution in [-0.4, -0.2) is 82.1 Å². The Bertz CT molecular complexity index is 900. The molecule has 3 rings (SSSR count). The number of rotatable bonds is 10. The molecule has 0 saturated carbocycles. The second-order valence-electron chi connectivity index (χ2n) is 8.19. The summed E-state index contributed by atoms with van der Waals surface area (Å²) >= 11 is 6.21. The van der Waals surface area contributed by atoms with Gasteiger partial charge in [0.05, 0.1) is 35.5 Å². The SMILES string of the molecule is COCCOCOc1cc(N)c(Cl)cc1C(=O)NC1CN(C)CCN(Cc2ccccc2)C1. The fourth-order valence-electron chi connectivity index (χ4n) is 3.75. The predicted molar refractivity (Wildman–Crippen MR) is 130 cm³/mol. The number of amides is 1. The second-order valence-corrected chi connectivity index (χ2v) is 8.59. The molecule has 0 spiro atoms. The number of hydrogen-bond acceptors (Lipinski definition) is 7. The number of halogens is 1. The molecule has 1 atom stereocenters. The standard InChI is InChI=1S/C24H33ClN4O4/c1-28-8-9-29(14-18-6-4-3-5-7-18)16-19(15-28)27-24(30)20-12-21(25)22(26)13-23(20)33-17-32-11-10-31-2/h3-7,12-13,19H,8-11,14-17,26H2,1-2H3,(H,27,30). The summed E-state index contributed by atoms with van der Waals surface area (Å²) in [6, 6.07) is 13.4. The quantitative estimate of drug-likeness (QED) is 0.309. The smallest absolute Gasteiger partial charge is 0.255 e. The number of nitrogens with two attached hydrogens (primary N) is 1. The maximum atomic E-state index is 13.2. The average molecular weight is 477 g/mol. The summed E-state index contributed by atoms with van der Waals surface area (Å²) in [6.07, 6.45) is 0. The summed E-state index contributed by atoms with van der Waals surface area (Å²) in [5.74, 6) is 0.0682. The molecule has 1 saturated heterocycles. The Balaban J connectivity index is 1.68. The van der Waals surface area contributed by atoms with E-state index in [1.165, 1.54) is 5.56 Å². The number of nitrogens with zero attached hydrogens (tertiary/aromatic N) is 2. The highest BCUT2D eigenvalue weighted by Crippen LogP contribution is 2.29. The Morgan fingerprint density at radius 3 is 2.73 bits per heavy atom. The van der Waals surface area contributed by atoms with Gasteiger partial charge in [-0.3, -0.25) is 9.69 Å². The lowest BCUT2D eigenvalue weighted by Crippen LogP contribution is -2.46. The molecule has 1 aliphatic rings. The normalized spacial score (nSPS) is 17.5. The molecule has 0 bridgehead atoms. The van der Waals surface area contributed by atoms with Gasteiger partial charge in [0, 0.05) is 45.9 Å². The van der Waals surface area contributed by atoms with Crippen molar-refractivity contribution in [2.45, 2.75) is 12.6 Å². The van der Waals surface area contributed by atoms with Crippen LogP contribution in [0.5, 0.6) is 5.75 Å². The highest BCUT2D eigenvalue weighted by Gasteiger charge is 2.25. The van der Waals surface area contributed by atoms with Gasteiger partial charge in [0.25, 0.3) is 5.91 Å². The zero-order valence-electron chi connectivity index (χ0n) is 19.3. The van der Waals surface area contributed by atoms with Gasteiger partial charge < -0.3 is 30.2 Å². The first-order valence-electron chi connectivity index (χ1n) is 11.0. The van der Waals surface area contributed by atoms with Gasteiger partial charge in [0.15, 0.2) is 6.79 Å². The van der Waals surface area contributed by atoms with Crippen LogP contribution in [0.4, 0.5) is 5.69 Å². The zero-order valence-corrected chi connectivity index (χ0v) is 20.0. The first-order chi connectivity index (χ1) is 16.0. The van der Waals surface area contributed by atoms with Gasteiger partial charge in [0.1, 0.15) is 5.75 Å². The molecule has 0 radical (unpaired) electrons. The van der Waals surface area contributed by atoms with Gasteiger partial charge in [-0.25, -0.2) is 0 Å². The zero-order chi connectivity index (χ0) is 23.6. The highest BCUT2D eigenvalue weighted by atomic mass is 35.5. The average Bonchev–Trinajstić information content (AvgIpc) is 2.96. The molecule has 9 heteroatoms. The van der Waals surface area contributed by atoms with Crippen LogP contribution >= 0.6 is 11.6 Å². The van der Waals surface area contributed by atoms with Crippen LogP contribution in [0.15, 0.2) is 42.5 Å². The molecule has 2 aromatic rings. The number of ether oxygens (including phenoxy) is 3. The number of carbonyl (C=O) groups excluding carboxylic acids is 1. The Morgan fingerprint density at radius 2 is 1.97 bits per heavy atom. The molecule has 33 heavy (non-hydrogen) atoms. The Kier molecular flexibility index (Phi) is 9.77. The maximum absolute atomic E-state index is 13.2. The number of hydrogen-bond donors (Lipinski definition) is 2. The van der Waals surface area contributed by atoms with Crippen LogP contribution < -0.4 is 15.8 Å². The van der Waals surface area contributed by atoms with Crippen molar-refractivity contribution < 1.29 is 19.0 Å². The number of likely N-dealkylation sites (N-methyl/N-ethyl adjacent to an activating group) is 1. The summed E-state index contributed by atoms with van der Waals surface area (Å²) in [6.45, 7) is 4.99. The third-order valence-electron chi connectivity index (χ3n) is 5.47.